The molecule has 9 aromatic rings. The topological polar surface area (TPSA) is 57.4 Å². The van der Waals surface area contributed by atoms with Crippen molar-refractivity contribution < 1.29 is 0 Å². The van der Waals surface area contributed by atoms with Crippen molar-refractivity contribution in [1.82, 2.24) is 9.13 Å². The maximum absolute atomic E-state index is 10.1. The van der Waals surface area contributed by atoms with E-state index in [0.29, 0.717) is 11.1 Å². The van der Waals surface area contributed by atoms with Gasteiger partial charge in [-0.15, -0.1) is 0 Å². The van der Waals surface area contributed by atoms with Crippen LogP contribution in [0.3, 0.4) is 0 Å². The molecule has 2 heterocycles. The normalized spacial score (nSPS) is 11.3. The van der Waals surface area contributed by atoms with Gasteiger partial charge in [0.25, 0.3) is 0 Å². The molecule has 0 aliphatic heterocycles. The first-order chi connectivity index (χ1) is 23.7. The van der Waals surface area contributed by atoms with E-state index in [2.05, 4.69) is 143 Å². The molecule has 0 bridgehead atoms. The summed E-state index contributed by atoms with van der Waals surface area (Å²) in [5.41, 5.74) is 11.3. The summed E-state index contributed by atoms with van der Waals surface area (Å²) < 4.78 is 4.59. The van der Waals surface area contributed by atoms with E-state index >= 15 is 0 Å². The Balaban J connectivity index is 1.32. The molecule has 0 N–H and O–H groups in total. The highest BCUT2D eigenvalue weighted by Crippen LogP contribution is 2.41. The van der Waals surface area contributed by atoms with Crippen LogP contribution in [0.1, 0.15) is 11.1 Å². The first kappa shape index (κ1) is 27.4. The van der Waals surface area contributed by atoms with E-state index in [4.69, 9.17) is 0 Å². The SMILES string of the molecule is N#Cc1ccc(-c2cccc(-n3c4ccccc4c4ccccc43)c2)c(-c2cc(C#N)ccc2-n2c3ccccc3c3ccccc32)c1. The lowest BCUT2D eigenvalue weighted by Gasteiger charge is -2.18. The van der Waals surface area contributed by atoms with Crippen LogP contribution in [0.25, 0.3) is 77.2 Å². The lowest BCUT2D eigenvalue weighted by atomic mass is 9.91. The third-order valence-electron chi connectivity index (χ3n) is 9.38. The molecule has 222 valence electrons. The number of nitrogens with zero attached hydrogens (tertiary/aromatic N) is 4. The van der Waals surface area contributed by atoms with Crippen LogP contribution in [0.4, 0.5) is 0 Å². The highest BCUT2D eigenvalue weighted by molar-refractivity contribution is 6.11. The largest absolute Gasteiger partial charge is 0.309 e. The molecule has 0 saturated carbocycles. The average Bonchev–Trinajstić information content (AvgIpc) is 3.67. The lowest BCUT2D eigenvalue weighted by Crippen LogP contribution is -2.00. The minimum absolute atomic E-state index is 0.557. The van der Waals surface area contributed by atoms with Crippen molar-refractivity contribution in [3.63, 3.8) is 0 Å². The third-order valence-corrected chi connectivity index (χ3v) is 9.38. The second-order valence-electron chi connectivity index (χ2n) is 12.0. The van der Waals surface area contributed by atoms with Crippen LogP contribution in [0.5, 0.6) is 0 Å². The zero-order chi connectivity index (χ0) is 32.2. The number of nitriles is 2. The fraction of sp³-hybridized carbons (Fsp3) is 0. The van der Waals surface area contributed by atoms with Crippen LogP contribution in [-0.4, -0.2) is 9.13 Å². The molecule has 0 saturated heterocycles. The Morgan fingerprint density at radius 1 is 0.375 bits per heavy atom. The summed E-state index contributed by atoms with van der Waals surface area (Å²) in [6.45, 7) is 0. The van der Waals surface area contributed by atoms with Gasteiger partial charge in [0.2, 0.25) is 0 Å². The summed E-state index contributed by atoms with van der Waals surface area (Å²) in [6.07, 6.45) is 0. The molecule has 48 heavy (non-hydrogen) atoms. The minimum atomic E-state index is 0.557. The van der Waals surface area contributed by atoms with Crippen molar-refractivity contribution in [2.75, 3.05) is 0 Å². The predicted octanol–water partition coefficient (Wildman–Crippen LogP) is 11.0. The molecular weight excluding hydrogens is 585 g/mol. The Labute approximate surface area is 277 Å². The number of fused-ring (bicyclic) bond motifs is 6. The number of hydrogen-bond donors (Lipinski definition) is 0. The smallest absolute Gasteiger partial charge is 0.0991 e. The maximum atomic E-state index is 10.1. The Bertz CT molecular complexity index is 2710. The van der Waals surface area contributed by atoms with Crippen molar-refractivity contribution in [3.05, 3.63) is 169 Å². The van der Waals surface area contributed by atoms with Gasteiger partial charge >= 0.3 is 0 Å². The Morgan fingerprint density at radius 3 is 1.40 bits per heavy atom. The molecule has 0 fully saturated rings. The van der Waals surface area contributed by atoms with E-state index in [9.17, 15) is 10.5 Å². The summed E-state index contributed by atoms with van der Waals surface area (Å²) in [5, 5.41) is 24.9. The molecule has 0 atom stereocenters. The number of benzene rings is 7. The second-order valence-corrected chi connectivity index (χ2v) is 12.0. The highest BCUT2D eigenvalue weighted by atomic mass is 15.0. The Kier molecular flexibility index (Phi) is 6.22. The summed E-state index contributed by atoms with van der Waals surface area (Å²) in [7, 11) is 0. The van der Waals surface area contributed by atoms with Crippen LogP contribution < -0.4 is 0 Å². The first-order valence-corrected chi connectivity index (χ1v) is 15.9. The molecule has 0 radical (unpaired) electrons. The van der Waals surface area contributed by atoms with Gasteiger partial charge < -0.3 is 9.13 Å². The summed E-state index contributed by atoms with van der Waals surface area (Å²) in [5.74, 6) is 0. The molecule has 9 rings (SSSR count). The Hall–Kier alpha value is -6.88. The van der Waals surface area contributed by atoms with Crippen LogP contribution in [0.15, 0.2) is 158 Å². The van der Waals surface area contributed by atoms with Gasteiger partial charge in [0.15, 0.2) is 0 Å². The molecule has 0 unspecified atom stereocenters. The van der Waals surface area contributed by atoms with Gasteiger partial charge in [-0.05, 0) is 83.4 Å². The maximum Gasteiger partial charge on any atom is 0.0991 e. The van der Waals surface area contributed by atoms with Gasteiger partial charge in [0.05, 0.1) is 51.0 Å². The number of hydrogen-bond acceptors (Lipinski definition) is 2. The zero-order valence-electron chi connectivity index (χ0n) is 25.8. The molecular formula is C44H26N4. The van der Waals surface area contributed by atoms with E-state index in [-0.39, 0.29) is 0 Å². The molecule has 2 aromatic heterocycles. The zero-order valence-corrected chi connectivity index (χ0v) is 25.8. The van der Waals surface area contributed by atoms with E-state index < -0.39 is 0 Å². The van der Waals surface area contributed by atoms with Crippen molar-refractivity contribution in [3.8, 4) is 45.8 Å². The van der Waals surface area contributed by atoms with Gasteiger partial charge in [0.1, 0.15) is 0 Å². The van der Waals surface area contributed by atoms with Crippen molar-refractivity contribution in [2.24, 2.45) is 0 Å². The fourth-order valence-corrected chi connectivity index (χ4v) is 7.30. The van der Waals surface area contributed by atoms with E-state index in [0.717, 1.165) is 66.5 Å². The van der Waals surface area contributed by atoms with Crippen LogP contribution in [0.2, 0.25) is 0 Å². The van der Waals surface area contributed by atoms with Gasteiger partial charge in [-0.3, -0.25) is 0 Å². The fourth-order valence-electron chi connectivity index (χ4n) is 7.30. The lowest BCUT2D eigenvalue weighted by molar-refractivity contribution is 1.18. The Morgan fingerprint density at radius 2 is 0.854 bits per heavy atom. The molecule has 0 spiro atoms. The minimum Gasteiger partial charge on any atom is -0.309 e. The average molecular weight is 611 g/mol. The molecule has 7 aromatic carbocycles. The summed E-state index contributed by atoms with van der Waals surface area (Å²) in [4.78, 5) is 0. The summed E-state index contributed by atoms with van der Waals surface area (Å²) in [6, 6.07) is 58.9. The van der Waals surface area contributed by atoms with E-state index in [1.165, 1.54) is 10.8 Å². The number of rotatable bonds is 4. The molecule has 4 nitrogen and oxygen atoms in total. The second kappa shape index (κ2) is 10.9. The van der Waals surface area contributed by atoms with Gasteiger partial charge in [0, 0.05) is 32.8 Å². The monoisotopic (exact) mass is 610 g/mol. The quantitative estimate of drug-likeness (QED) is 0.199. The van der Waals surface area contributed by atoms with Gasteiger partial charge in [-0.25, -0.2) is 0 Å². The standard InChI is InChI=1S/C44H26N4/c45-27-29-20-22-33(31-10-9-11-32(26-31)47-40-16-5-1-12-34(40)35-13-2-6-17-41(35)47)38(24-29)39-25-30(28-46)21-23-44(39)48-42-18-7-3-14-36(42)37-15-4-8-19-43(37)48/h1-26H. The van der Waals surface area contributed by atoms with Crippen LogP contribution >= 0.6 is 0 Å². The van der Waals surface area contributed by atoms with Gasteiger partial charge in [-0.1, -0.05) is 91.0 Å². The van der Waals surface area contributed by atoms with Crippen molar-refractivity contribution >= 4 is 43.6 Å². The third kappa shape index (κ3) is 4.14. The van der Waals surface area contributed by atoms with E-state index in [1.54, 1.807) is 0 Å². The molecule has 0 aliphatic carbocycles. The highest BCUT2D eigenvalue weighted by Gasteiger charge is 2.20. The summed E-state index contributed by atoms with van der Waals surface area (Å²) >= 11 is 0. The number of para-hydroxylation sites is 4. The van der Waals surface area contributed by atoms with Crippen molar-refractivity contribution in [1.29, 1.82) is 10.5 Å². The van der Waals surface area contributed by atoms with Crippen molar-refractivity contribution in [2.45, 2.75) is 0 Å². The molecule has 0 amide bonds. The molecule has 0 aliphatic rings. The van der Waals surface area contributed by atoms with E-state index in [1.807, 2.05) is 36.4 Å². The van der Waals surface area contributed by atoms with Gasteiger partial charge in [-0.2, -0.15) is 10.5 Å². The first-order valence-electron chi connectivity index (χ1n) is 15.9. The predicted molar refractivity (Wildman–Crippen MR) is 195 cm³/mol. The van der Waals surface area contributed by atoms with Crippen LogP contribution in [0, 0.1) is 22.7 Å². The van der Waals surface area contributed by atoms with Crippen LogP contribution in [-0.2, 0) is 0 Å². The molecule has 4 heteroatoms. The number of aromatic nitrogens is 2.